The van der Waals surface area contributed by atoms with E-state index in [1.807, 2.05) is 0 Å². The first-order valence-corrected chi connectivity index (χ1v) is 8.50. The van der Waals surface area contributed by atoms with Crippen LogP contribution in [0, 0.1) is 5.82 Å². The molecule has 3 rings (SSSR count). The molecule has 1 atom stereocenters. The predicted octanol–water partition coefficient (Wildman–Crippen LogP) is 4.70. The van der Waals surface area contributed by atoms with E-state index in [1.165, 1.54) is 24.3 Å². The van der Waals surface area contributed by atoms with Gasteiger partial charge in [-0.2, -0.15) is 13.2 Å². The van der Waals surface area contributed by atoms with Crippen molar-refractivity contribution in [1.82, 2.24) is 4.90 Å². The van der Waals surface area contributed by atoms with Gasteiger partial charge in [0.1, 0.15) is 17.6 Å². The van der Waals surface area contributed by atoms with Gasteiger partial charge >= 0.3 is 12.2 Å². The predicted molar refractivity (Wildman–Crippen MR) is 94.7 cm³/mol. The molecule has 2 aromatic carbocycles. The van der Waals surface area contributed by atoms with E-state index in [9.17, 15) is 32.3 Å². The number of carbonyl (C=O) groups excluding carboxylic acids is 2. The van der Waals surface area contributed by atoms with Gasteiger partial charge in [0, 0.05) is 13.1 Å². The largest absolute Gasteiger partial charge is 0.504 e. The monoisotopic (exact) mass is 432 g/mol. The number of urea groups is 1. The second-order valence-electron chi connectivity index (χ2n) is 6.19. The van der Waals surface area contributed by atoms with Crippen molar-refractivity contribution in [1.29, 1.82) is 0 Å². The molecule has 1 aliphatic heterocycles. The molecular weight excluding hydrogens is 420 g/mol. The first-order valence-electron chi connectivity index (χ1n) is 8.12. The molecule has 0 saturated carbocycles. The molecule has 11 heteroatoms. The van der Waals surface area contributed by atoms with Crippen LogP contribution in [-0.4, -0.2) is 41.2 Å². The van der Waals surface area contributed by atoms with Crippen LogP contribution in [0.25, 0.3) is 0 Å². The molecule has 1 aliphatic rings. The fraction of sp³-hybridized carbons (Fsp3) is 0.222. The van der Waals surface area contributed by atoms with Crippen LogP contribution in [0.4, 0.5) is 28.0 Å². The van der Waals surface area contributed by atoms with E-state index in [2.05, 4.69) is 0 Å². The van der Waals surface area contributed by atoms with Crippen LogP contribution < -0.4 is 9.64 Å². The Bertz CT molecular complexity index is 983. The van der Waals surface area contributed by atoms with Gasteiger partial charge < -0.3 is 14.7 Å². The minimum Gasteiger partial charge on any atom is -0.504 e. The first-order chi connectivity index (χ1) is 13.5. The van der Waals surface area contributed by atoms with Crippen molar-refractivity contribution in [2.75, 3.05) is 11.9 Å². The highest BCUT2D eigenvalue weighted by molar-refractivity contribution is 6.32. The zero-order chi connectivity index (χ0) is 21.5. The lowest BCUT2D eigenvalue weighted by Gasteiger charge is -2.38. The number of benzene rings is 2. The molecule has 0 spiro atoms. The van der Waals surface area contributed by atoms with Gasteiger partial charge in [-0.1, -0.05) is 23.7 Å². The molecule has 154 valence electrons. The van der Waals surface area contributed by atoms with Gasteiger partial charge in [-0.3, -0.25) is 4.79 Å². The van der Waals surface area contributed by atoms with Crippen molar-refractivity contribution in [2.24, 2.45) is 0 Å². The van der Waals surface area contributed by atoms with Crippen LogP contribution in [0.15, 0.2) is 36.4 Å². The number of para-hydroxylation sites is 2. The van der Waals surface area contributed by atoms with Crippen LogP contribution in [0.3, 0.4) is 0 Å². The topological polar surface area (TPSA) is 70.1 Å². The number of imide groups is 1. The minimum absolute atomic E-state index is 0.0440. The summed E-state index contributed by atoms with van der Waals surface area (Å²) in [5, 5.41) is 9.54. The Morgan fingerprint density at radius 3 is 2.45 bits per heavy atom. The van der Waals surface area contributed by atoms with E-state index in [1.54, 1.807) is 0 Å². The SMILES string of the molecule is CN1C(=O)N(c2cc(Oc3ccccc3O)c(Cl)cc2F)C(=O)CC1C(F)(F)F. The van der Waals surface area contributed by atoms with Crippen LogP contribution in [0.5, 0.6) is 17.2 Å². The molecule has 1 unspecified atom stereocenters. The van der Waals surface area contributed by atoms with E-state index in [4.69, 9.17) is 16.3 Å². The molecule has 0 aromatic heterocycles. The molecule has 0 aliphatic carbocycles. The fourth-order valence-electron chi connectivity index (χ4n) is 2.79. The highest BCUT2D eigenvalue weighted by Crippen LogP contribution is 2.40. The Labute approximate surface area is 166 Å². The number of hydrogen-bond acceptors (Lipinski definition) is 4. The summed E-state index contributed by atoms with van der Waals surface area (Å²) in [5.41, 5.74) is -0.623. The molecular formula is C18H13ClF4N2O4. The highest BCUT2D eigenvalue weighted by atomic mass is 35.5. The summed E-state index contributed by atoms with van der Waals surface area (Å²) in [4.78, 5) is 25.3. The average Bonchev–Trinajstić information content (AvgIpc) is 2.62. The lowest BCUT2D eigenvalue weighted by Crippen LogP contribution is -2.60. The van der Waals surface area contributed by atoms with Gasteiger partial charge in [0.05, 0.1) is 17.1 Å². The number of amides is 3. The van der Waals surface area contributed by atoms with Gasteiger partial charge in [0.2, 0.25) is 5.91 Å². The number of hydrogen-bond donors (Lipinski definition) is 1. The summed E-state index contributed by atoms with van der Waals surface area (Å²) in [6, 6.07) is 3.76. The molecule has 0 radical (unpaired) electrons. The summed E-state index contributed by atoms with van der Waals surface area (Å²) >= 11 is 5.93. The second kappa shape index (κ2) is 7.43. The molecule has 1 saturated heterocycles. The minimum atomic E-state index is -4.82. The van der Waals surface area contributed by atoms with Gasteiger partial charge in [-0.15, -0.1) is 0 Å². The smallest absolute Gasteiger partial charge is 0.409 e. The van der Waals surface area contributed by atoms with Crippen LogP contribution in [0.2, 0.25) is 5.02 Å². The Hall–Kier alpha value is -3.01. The average molecular weight is 433 g/mol. The third kappa shape index (κ3) is 3.93. The second-order valence-corrected chi connectivity index (χ2v) is 6.60. The molecule has 29 heavy (non-hydrogen) atoms. The van der Waals surface area contributed by atoms with Crippen molar-refractivity contribution in [3.8, 4) is 17.2 Å². The van der Waals surface area contributed by atoms with Crippen LogP contribution >= 0.6 is 11.6 Å². The quantitative estimate of drug-likeness (QED) is 0.714. The number of anilines is 1. The van der Waals surface area contributed by atoms with Gasteiger partial charge in [-0.25, -0.2) is 14.1 Å². The van der Waals surface area contributed by atoms with Gasteiger partial charge in [-0.05, 0) is 18.2 Å². The molecule has 3 amide bonds. The molecule has 6 nitrogen and oxygen atoms in total. The number of phenols is 1. The van der Waals surface area contributed by atoms with Gasteiger partial charge in [0.15, 0.2) is 11.5 Å². The summed E-state index contributed by atoms with van der Waals surface area (Å²) in [6.45, 7) is 0. The Morgan fingerprint density at radius 1 is 1.17 bits per heavy atom. The van der Waals surface area contributed by atoms with Gasteiger partial charge in [0.25, 0.3) is 0 Å². The van der Waals surface area contributed by atoms with E-state index in [0.29, 0.717) is 9.80 Å². The normalized spacial score (nSPS) is 17.7. The zero-order valence-corrected chi connectivity index (χ0v) is 15.5. The van der Waals surface area contributed by atoms with Crippen LogP contribution in [-0.2, 0) is 4.79 Å². The summed E-state index contributed by atoms with van der Waals surface area (Å²) < 4.78 is 59.0. The molecule has 1 fully saturated rings. The number of alkyl halides is 3. The summed E-state index contributed by atoms with van der Waals surface area (Å²) in [5.74, 6) is -2.86. The molecule has 0 bridgehead atoms. The van der Waals surface area contributed by atoms with Crippen molar-refractivity contribution in [3.63, 3.8) is 0 Å². The van der Waals surface area contributed by atoms with E-state index >= 15 is 0 Å². The molecule has 1 heterocycles. The summed E-state index contributed by atoms with van der Waals surface area (Å²) in [6.07, 6.45) is -5.88. The number of phenolic OH excluding ortho intramolecular Hbond substituents is 1. The lowest BCUT2D eigenvalue weighted by atomic mass is 10.1. The summed E-state index contributed by atoms with van der Waals surface area (Å²) in [7, 11) is 0.868. The van der Waals surface area contributed by atoms with E-state index in [0.717, 1.165) is 19.2 Å². The number of nitrogens with zero attached hydrogens (tertiary/aromatic N) is 2. The first kappa shape index (κ1) is 20.7. The maximum Gasteiger partial charge on any atom is 0.409 e. The zero-order valence-electron chi connectivity index (χ0n) is 14.7. The molecule has 2 aromatic rings. The number of aromatic hydroxyl groups is 1. The number of halogens is 5. The molecule has 1 N–H and O–H groups in total. The maximum absolute atomic E-state index is 14.5. The Morgan fingerprint density at radius 2 is 1.83 bits per heavy atom. The van der Waals surface area contributed by atoms with Crippen molar-refractivity contribution in [3.05, 3.63) is 47.2 Å². The van der Waals surface area contributed by atoms with Crippen molar-refractivity contribution in [2.45, 2.75) is 18.6 Å². The Kier molecular flexibility index (Phi) is 5.31. The fourth-order valence-corrected chi connectivity index (χ4v) is 2.98. The third-order valence-electron chi connectivity index (χ3n) is 4.28. The number of ether oxygens (including phenoxy) is 1. The van der Waals surface area contributed by atoms with Crippen LogP contribution in [0.1, 0.15) is 6.42 Å². The Balaban J connectivity index is 2.00. The van der Waals surface area contributed by atoms with E-state index in [-0.39, 0.29) is 22.3 Å². The van der Waals surface area contributed by atoms with Crippen molar-refractivity contribution >= 4 is 29.2 Å². The standard InChI is InChI=1S/C18H13ClF4N2O4/c1-24-15(18(21,22)23)8-16(27)25(17(24)28)11-7-14(9(19)6-10(11)20)29-13-5-3-2-4-12(13)26/h2-7,15,26H,8H2,1H3. The number of rotatable bonds is 3. The third-order valence-corrected chi connectivity index (χ3v) is 4.58. The lowest BCUT2D eigenvalue weighted by molar-refractivity contribution is -0.179. The maximum atomic E-state index is 14.5. The number of carbonyl (C=O) groups is 2. The highest BCUT2D eigenvalue weighted by Gasteiger charge is 2.51. The van der Waals surface area contributed by atoms with E-state index < -0.39 is 42.1 Å². The van der Waals surface area contributed by atoms with Crippen molar-refractivity contribution < 1.29 is 37.0 Å².